The summed E-state index contributed by atoms with van der Waals surface area (Å²) >= 11 is 0. The second-order valence-electron chi connectivity index (χ2n) is 7.75. The minimum atomic E-state index is 0.662. The number of fused-ring (bicyclic) bond motifs is 3. The van der Waals surface area contributed by atoms with Gasteiger partial charge in [-0.05, 0) is 42.0 Å². The fourth-order valence-electron chi connectivity index (χ4n) is 3.81. The number of nitrogens with zero attached hydrogens (tertiary/aromatic N) is 2. The summed E-state index contributed by atoms with van der Waals surface area (Å²) in [6.45, 7) is 0.662. The van der Waals surface area contributed by atoms with E-state index in [1.54, 1.807) is 0 Å². The van der Waals surface area contributed by atoms with E-state index in [9.17, 15) is 0 Å². The van der Waals surface area contributed by atoms with Crippen molar-refractivity contribution in [2.75, 3.05) is 24.3 Å². The van der Waals surface area contributed by atoms with Gasteiger partial charge >= 0.3 is 0 Å². The Morgan fingerprint density at radius 3 is 2.52 bits per heavy atom. The zero-order valence-corrected chi connectivity index (χ0v) is 17.6. The third-order valence-electron chi connectivity index (χ3n) is 5.33. The number of para-hydroxylation sites is 2. The number of nitrogens with one attached hydrogen (secondary N) is 2. The molecular weight excluding hydrogens is 384 g/mol. The number of benzene rings is 3. The number of H-pyrrole nitrogens is 1. The zero-order chi connectivity index (χ0) is 21.2. The highest BCUT2D eigenvalue weighted by Crippen LogP contribution is 2.32. The Bertz CT molecular complexity index is 1340. The number of aromatic amines is 1. The fraction of sp³-hybridized carbons (Fsp3) is 0.115. The second kappa shape index (κ2) is 8.03. The molecule has 5 aromatic rings. The normalized spacial score (nSPS) is 11.0. The molecule has 0 saturated carbocycles. The van der Waals surface area contributed by atoms with Gasteiger partial charge in [-0.2, -0.15) is 0 Å². The van der Waals surface area contributed by atoms with Gasteiger partial charge in [-0.1, -0.05) is 42.5 Å². The smallest absolute Gasteiger partial charge is 0.127 e. The molecule has 0 saturated heterocycles. The quantitative estimate of drug-likeness (QED) is 0.352. The van der Waals surface area contributed by atoms with E-state index in [0.29, 0.717) is 6.54 Å². The first-order chi connectivity index (χ1) is 15.2. The average molecular weight is 409 g/mol. The molecular formula is C26H24N4O. The van der Waals surface area contributed by atoms with Gasteiger partial charge in [0.25, 0.3) is 0 Å². The third kappa shape index (κ3) is 3.90. The number of hydrogen-bond acceptors (Lipinski definition) is 4. The van der Waals surface area contributed by atoms with E-state index in [2.05, 4.69) is 64.6 Å². The molecule has 0 aliphatic heterocycles. The van der Waals surface area contributed by atoms with Crippen LogP contribution in [0.3, 0.4) is 0 Å². The van der Waals surface area contributed by atoms with Crippen LogP contribution in [-0.4, -0.2) is 24.1 Å². The fourth-order valence-corrected chi connectivity index (χ4v) is 3.81. The summed E-state index contributed by atoms with van der Waals surface area (Å²) in [4.78, 5) is 10.2. The molecule has 0 aliphatic carbocycles. The molecule has 0 unspecified atom stereocenters. The molecule has 2 aromatic heterocycles. The van der Waals surface area contributed by atoms with Crippen LogP contribution in [-0.2, 0) is 6.54 Å². The van der Waals surface area contributed by atoms with Crippen molar-refractivity contribution in [3.8, 4) is 11.5 Å². The van der Waals surface area contributed by atoms with Crippen molar-refractivity contribution >= 4 is 33.3 Å². The largest absolute Gasteiger partial charge is 0.457 e. The maximum Gasteiger partial charge on any atom is 0.127 e. The Kier molecular flexibility index (Phi) is 4.92. The van der Waals surface area contributed by atoms with Crippen LogP contribution in [0.5, 0.6) is 11.5 Å². The van der Waals surface area contributed by atoms with Gasteiger partial charge in [-0.3, -0.25) is 0 Å². The van der Waals surface area contributed by atoms with Crippen molar-refractivity contribution in [3.05, 3.63) is 90.6 Å². The van der Waals surface area contributed by atoms with Crippen LogP contribution in [0, 0.1) is 0 Å². The van der Waals surface area contributed by atoms with Gasteiger partial charge < -0.3 is 19.9 Å². The van der Waals surface area contributed by atoms with Gasteiger partial charge in [0.2, 0.25) is 0 Å². The minimum Gasteiger partial charge on any atom is -0.457 e. The third-order valence-corrected chi connectivity index (χ3v) is 5.33. The highest BCUT2D eigenvalue weighted by molar-refractivity contribution is 6.11. The van der Waals surface area contributed by atoms with E-state index in [-0.39, 0.29) is 0 Å². The van der Waals surface area contributed by atoms with Crippen LogP contribution in [0.1, 0.15) is 5.56 Å². The van der Waals surface area contributed by atoms with Crippen LogP contribution in [0.2, 0.25) is 0 Å². The number of aromatic nitrogens is 2. The van der Waals surface area contributed by atoms with Crippen LogP contribution >= 0.6 is 0 Å². The van der Waals surface area contributed by atoms with Crippen LogP contribution in [0.25, 0.3) is 21.8 Å². The standard InChI is InChI=1S/C26H24N4O/c1-30(2)24-13-7-12-21-22-15-25(28-17-23(22)29-26(21)24)27-16-18-8-6-11-20(14-18)31-19-9-4-3-5-10-19/h3-15,17,29H,16H2,1-2H3,(H,27,28). The monoisotopic (exact) mass is 408 g/mol. The van der Waals surface area contributed by atoms with E-state index < -0.39 is 0 Å². The lowest BCUT2D eigenvalue weighted by Crippen LogP contribution is -2.08. The molecule has 154 valence electrons. The number of ether oxygens (including phenoxy) is 1. The maximum absolute atomic E-state index is 5.95. The molecule has 0 amide bonds. The molecule has 5 heteroatoms. The van der Waals surface area contributed by atoms with Crippen molar-refractivity contribution in [1.29, 1.82) is 0 Å². The molecule has 0 bridgehead atoms. The number of anilines is 2. The van der Waals surface area contributed by atoms with Crippen LogP contribution in [0.4, 0.5) is 11.5 Å². The SMILES string of the molecule is CN(C)c1cccc2c1[nH]c1cnc(NCc3cccc(Oc4ccccc4)c3)cc12. The average Bonchev–Trinajstić information content (AvgIpc) is 3.16. The van der Waals surface area contributed by atoms with Crippen molar-refractivity contribution in [2.45, 2.75) is 6.54 Å². The molecule has 2 N–H and O–H groups in total. The van der Waals surface area contributed by atoms with Gasteiger partial charge in [0.05, 0.1) is 22.9 Å². The Hall–Kier alpha value is -3.99. The molecule has 0 aliphatic rings. The van der Waals surface area contributed by atoms with Crippen LogP contribution < -0.4 is 15.0 Å². The minimum absolute atomic E-state index is 0.662. The summed E-state index contributed by atoms with van der Waals surface area (Å²) in [5.74, 6) is 2.50. The lowest BCUT2D eigenvalue weighted by Gasteiger charge is -2.13. The van der Waals surface area contributed by atoms with Crippen molar-refractivity contribution in [1.82, 2.24) is 9.97 Å². The maximum atomic E-state index is 5.95. The van der Waals surface area contributed by atoms with Gasteiger partial charge in [-0.25, -0.2) is 4.98 Å². The highest BCUT2D eigenvalue weighted by atomic mass is 16.5. The van der Waals surface area contributed by atoms with E-state index >= 15 is 0 Å². The van der Waals surface area contributed by atoms with Crippen LogP contribution in [0.15, 0.2) is 85.1 Å². The predicted octanol–water partition coefficient (Wildman–Crippen LogP) is 6.19. The summed E-state index contributed by atoms with van der Waals surface area (Å²) in [5.41, 5.74) is 4.46. The Labute approximate surface area is 181 Å². The molecule has 0 radical (unpaired) electrons. The predicted molar refractivity (Wildman–Crippen MR) is 128 cm³/mol. The van der Waals surface area contributed by atoms with Crippen molar-refractivity contribution in [2.24, 2.45) is 0 Å². The number of pyridine rings is 1. The highest BCUT2D eigenvalue weighted by Gasteiger charge is 2.10. The van der Waals surface area contributed by atoms with Gasteiger partial charge in [0, 0.05) is 31.4 Å². The van der Waals surface area contributed by atoms with Crippen molar-refractivity contribution in [3.63, 3.8) is 0 Å². The zero-order valence-electron chi connectivity index (χ0n) is 17.6. The van der Waals surface area contributed by atoms with E-state index in [4.69, 9.17) is 4.74 Å². The van der Waals surface area contributed by atoms with Gasteiger partial charge in [-0.15, -0.1) is 0 Å². The van der Waals surface area contributed by atoms with E-state index in [0.717, 1.165) is 39.3 Å². The van der Waals surface area contributed by atoms with Gasteiger partial charge in [0.15, 0.2) is 0 Å². The summed E-state index contributed by atoms with van der Waals surface area (Å²) in [6.07, 6.45) is 1.89. The van der Waals surface area contributed by atoms with Gasteiger partial charge in [0.1, 0.15) is 17.3 Å². The first kappa shape index (κ1) is 19.0. The summed E-state index contributed by atoms with van der Waals surface area (Å²) in [6, 6.07) is 26.4. The molecule has 0 fully saturated rings. The Balaban J connectivity index is 1.37. The second-order valence-corrected chi connectivity index (χ2v) is 7.75. The molecule has 0 spiro atoms. The summed E-state index contributed by atoms with van der Waals surface area (Å²) < 4.78 is 5.95. The molecule has 3 aromatic carbocycles. The first-order valence-electron chi connectivity index (χ1n) is 10.3. The number of hydrogen-bond donors (Lipinski definition) is 2. The molecule has 0 atom stereocenters. The topological polar surface area (TPSA) is 53.2 Å². The lowest BCUT2D eigenvalue weighted by atomic mass is 10.1. The van der Waals surface area contributed by atoms with Crippen molar-refractivity contribution < 1.29 is 4.74 Å². The van der Waals surface area contributed by atoms with E-state index in [1.165, 1.54) is 11.1 Å². The number of rotatable bonds is 6. The van der Waals surface area contributed by atoms with E-state index in [1.807, 2.05) is 54.7 Å². The summed E-state index contributed by atoms with van der Waals surface area (Å²) in [7, 11) is 4.11. The Morgan fingerprint density at radius 2 is 1.68 bits per heavy atom. The molecule has 2 heterocycles. The Morgan fingerprint density at radius 1 is 0.871 bits per heavy atom. The molecule has 5 nitrogen and oxygen atoms in total. The lowest BCUT2D eigenvalue weighted by molar-refractivity contribution is 0.482. The first-order valence-corrected chi connectivity index (χ1v) is 10.3. The molecule has 5 rings (SSSR count). The molecule has 31 heavy (non-hydrogen) atoms. The summed E-state index contributed by atoms with van der Waals surface area (Å²) in [5, 5.41) is 5.81.